The van der Waals surface area contributed by atoms with Gasteiger partial charge in [-0.3, -0.25) is 9.59 Å². The minimum atomic E-state index is -0.391. The SMILES string of the molecule is CCOC(=O)C1C(c2ccc3c(c2)OCO3)CN(C)C1CN(Cc1ccccc1)C(C)=O. The van der Waals surface area contributed by atoms with E-state index in [1.807, 2.05) is 67.4 Å². The third-order valence-corrected chi connectivity index (χ3v) is 6.35. The highest BCUT2D eigenvalue weighted by atomic mass is 16.7. The number of nitrogens with zero attached hydrogens (tertiary/aromatic N) is 2. The molecule has 0 bridgehead atoms. The average Bonchev–Trinajstić information content (AvgIpc) is 3.38. The molecule has 1 fully saturated rings. The van der Waals surface area contributed by atoms with Gasteiger partial charge in [-0.2, -0.15) is 0 Å². The van der Waals surface area contributed by atoms with Crippen LogP contribution >= 0.6 is 0 Å². The second-order valence-corrected chi connectivity index (χ2v) is 8.39. The van der Waals surface area contributed by atoms with E-state index in [1.54, 1.807) is 6.92 Å². The summed E-state index contributed by atoms with van der Waals surface area (Å²) < 4.78 is 16.5. The van der Waals surface area contributed by atoms with E-state index in [2.05, 4.69) is 4.90 Å². The van der Waals surface area contributed by atoms with Gasteiger partial charge in [0.05, 0.1) is 12.5 Å². The number of benzene rings is 2. The number of rotatable bonds is 7. The molecule has 0 radical (unpaired) electrons. The van der Waals surface area contributed by atoms with Crippen LogP contribution < -0.4 is 9.47 Å². The van der Waals surface area contributed by atoms with Gasteiger partial charge in [0.15, 0.2) is 11.5 Å². The molecule has 0 N–H and O–H groups in total. The van der Waals surface area contributed by atoms with Gasteiger partial charge in [-0.1, -0.05) is 36.4 Å². The lowest BCUT2D eigenvalue weighted by atomic mass is 9.84. The van der Waals surface area contributed by atoms with Crippen LogP contribution in [0.1, 0.15) is 30.9 Å². The van der Waals surface area contributed by atoms with Crippen LogP contribution in [0.5, 0.6) is 11.5 Å². The summed E-state index contributed by atoms with van der Waals surface area (Å²) in [5, 5.41) is 0. The lowest BCUT2D eigenvalue weighted by molar-refractivity contribution is -0.150. The largest absolute Gasteiger partial charge is 0.466 e. The summed E-state index contributed by atoms with van der Waals surface area (Å²) in [6.45, 7) is 5.56. The van der Waals surface area contributed by atoms with Crippen molar-refractivity contribution in [3.8, 4) is 11.5 Å². The predicted octanol–water partition coefficient (Wildman–Crippen LogP) is 3.04. The maximum absolute atomic E-state index is 13.1. The van der Waals surface area contributed by atoms with Crippen LogP contribution in [-0.4, -0.2) is 61.3 Å². The zero-order valence-corrected chi connectivity index (χ0v) is 18.8. The quantitative estimate of drug-likeness (QED) is 0.619. The van der Waals surface area contributed by atoms with E-state index in [1.165, 1.54) is 0 Å². The molecule has 2 aliphatic heterocycles. The molecule has 2 heterocycles. The Kier molecular flexibility index (Phi) is 6.65. The van der Waals surface area contributed by atoms with Crippen molar-refractivity contribution in [2.45, 2.75) is 32.4 Å². The number of fused-ring (bicyclic) bond motifs is 1. The van der Waals surface area contributed by atoms with E-state index >= 15 is 0 Å². The molecule has 7 nitrogen and oxygen atoms in total. The molecule has 32 heavy (non-hydrogen) atoms. The predicted molar refractivity (Wildman–Crippen MR) is 119 cm³/mol. The van der Waals surface area contributed by atoms with Crippen molar-refractivity contribution in [1.82, 2.24) is 9.80 Å². The summed E-state index contributed by atoms with van der Waals surface area (Å²) in [6, 6.07) is 15.6. The molecule has 0 saturated carbocycles. The van der Waals surface area contributed by atoms with E-state index in [0.29, 0.717) is 32.0 Å². The number of hydrogen-bond donors (Lipinski definition) is 0. The number of esters is 1. The molecule has 170 valence electrons. The fourth-order valence-corrected chi connectivity index (χ4v) is 4.70. The van der Waals surface area contributed by atoms with Gasteiger partial charge in [-0.15, -0.1) is 0 Å². The first-order chi connectivity index (χ1) is 15.5. The van der Waals surface area contributed by atoms with Crippen LogP contribution in [0.2, 0.25) is 0 Å². The van der Waals surface area contributed by atoms with Gasteiger partial charge in [-0.05, 0) is 37.2 Å². The summed E-state index contributed by atoms with van der Waals surface area (Å²) >= 11 is 0. The van der Waals surface area contributed by atoms with Crippen molar-refractivity contribution in [3.63, 3.8) is 0 Å². The first-order valence-corrected chi connectivity index (χ1v) is 11.0. The Labute approximate surface area is 188 Å². The van der Waals surface area contributed by atoms with Gasteiger partial charge < -0.3 is 24.0 Å². The molecule has 0 spiro atoms. The Morgan fingerprint density at radius 1 is 1.12 bits per heavy atom. The summed E-state index contributed by atoms with van der Waals surface area (Å²) in [5.74, 6) is 0.715. The standard InChI is InChI=1S/C25H30N2O5/c1-4-30-25(29)24-20(19-10-11-22-23(12-19)32-16-31-22)14-26(3)21(24)15-27(17(2)28)13-18-8-6-5-7-9-18/h5-12,20-21,24H,4,13-16H2,1-3H3. The van der Waals surface area contributed by atoms with E-state index in [9.17, 15) is 9.59 Å². The Morgan fingerprint density at radius 3 is 2.59 bits per heavy atom. The van der Waals surface area contributed by atoms with Crippen LogP contribution in [0.15, 0.2) is 48.5 Å². The van der Waals surface area contributed by atoms with Crippen molar-refractivity contribution >= 4 is 11.9 Å². The van der Waals surface area contributed by atoms with Crippen LogP contribution in [0.3, 0.4) is 0 Å². The summed E-state index contributed by atoms with van der Waals surface area (Å²) in [4.78, 5) is 29.6. The highest BCUT2D eigenvalue weighted by Crippen LogP contribution is 2.42. The molecular formula is C25H30N2O5. The summed E-state index contributed by atoms with van der Waals surface area (Å²) in [5.41, 5.74) is 2.07. The van der Waals surface area contributed by atoms with Gasteiger partial charge in [0, 0.05) is 38.5 Å². The molecule has 4 rings (SSSR count). The van der Waals surface area contributed by atoms with E-state index in [0.717, 1.165) is 16.9 Å². The van der Waals surface area contributed by atoms with E-state index in [-0.39, 0.29) is 30.6 Å². The Hall–Kier alpha value is -3.06. The fourth-order valence-electron chi connectivity index (χ4n) is 4.70. The van der Waals surface area contributed by atoms with Crippen LogP contribution in [0.25, 0.3) is 0 Å². The minimum absolute atomic E-state index is 0.0172. The van der Waals surface area contributed by atoms with Crippen LogP contribution in [0, 0.1) is 5.92 Å². The zero-order chi connectivity index (χ0) is 22.7. The molecule has 1 amide bonds. The molecule has 7 heteroatoms. The monoisotopic (exact) mass is 438 g/mol. The third-order valence-electron chi connectivity index (χ3n) is 6.35. The van der Waals surface area contributed by atoms with E-state index < -0.39 is 5.92 Å². The lowest BCUT2D eigenvalue weighted by Gasteiger charge is -2.31. The zero-order valence-electron chi connectivity index (χ0n) is 18.8. The number of likely N-dealkylation sites (N-methyl/N-ethyl adjacent to an activating group) is 1. The van der Waals surface area contributed by atoms with Gasteiger partial charge in [0.1, 0.15) is 0 Å². The van der Waals surface area contributed by atoms with Crippen LogP contribution in [-0.2, 0) is 20.9 Å². The molecule has 3 unspecified atom stereocenters. The van der Waals surface area contributed by atoms with Crippen molar-refractivity contribution in [2.75, 3.05) is 33.5 Å². The molecular weight excluding hydrogens is 408 g/mol. The van der Waals surface area contributed by atoms with Gasteiger partial charge >= 0.3 is 5.97 Å². The van der Waals surface area contributed by atoms with Crippen molar-refractivity contribution in [1.29, 1.82) is 0 Å². The second-order valence-electron chi connectivity index (χ2n) is 8.39. The van der Waals surface area contributed by atoms with Gasteiger partial charge in [0.25, 0.3) is 0 Å². The fraction of sp³-hybridized carbons (Fsp3) is 0.440. The van der Waals surface area contributed by atoms with E-state index in [4.69, 9.17) is 14.2 Å². The normalized spacial score (nSPS) is 22.0. The molecule has 3 atom stereocenters. The molecule has 1 saturated heterocycles. The summed E-state index contributed by atoms with van der Waals surface area (Å²) in [6.07, 6.45) is 0. The third kappa shape index (κ3) is 4.58. The van der Waals surface area contributed by atoms with Gasteiger partial charge in [0.2, 0.25) is 12.7 Å². The smallest absolute Gasteiger partial charge is 0.311 e. The number of ether oxygens (including phenoxy) is 3. The first kappa shape index (κ1) is 22.1. The number of hydrogen-bond acceptors (Lipinski definition) is 6. The minimum Gasteiger partial charge on any atom is -0.466 e. The number of carbonyl (C=O) groups excluding carboxylic acids is 2. The highest BCUT2D eigenvalue weighted by molar-refractivity contribution is 5.76. The highest BCUT2D eigenvalue weighted by Gasteiger charge is 2.47. The number of likely N-dealkylation sites (tertiary alicyclic amines) is 1. The lowest BCUT2D eigenvalue weighted by Crippen LogP contribution is -2.45. The Morgan fingerprint density at radius 2 is 1.88 bits per heavy atom. The maximum atomic E-state index is 13.1. The molecule has 2 aromatic carbocycles. The topological polar surface area (TPSA) is 68.3 Å². The molecule has 2 aliphatic rings. The molecule has 2 aromatic rings. The Balaban J connectivity index is 1.60. The molecule has 0 aromatic heterocycles. The van der Waals surface area contributed by atoms with Gasteiger partial charge in [-0.25, -0.2) is 0 Å². The Bertz CT molecular complexity index is 964. The maximum Gasteiger partial charge on any atom is 0.311 e. The van der Waals surface area contributed by atoms with Crippen LogP contribution in [0.4, 0.5) is 0 Å². The average molecular weight is 439 g/mol. The number of amides is 1. The first-order valence-electron chi connectivity index (χ1n) is 11.0. The van der Waals surface area contributed by atoms with Crippen molar-refractivity contribution in [2.24, 2.45) is 5.92 Å². The molecule has 0 aliphatic carbocycles. The number of carbonyl (C=O) groups is 2. The summed E-state index contributed by atoms with van der Waals surface area (Å²) in [7, 11) is 2.00. The second kappa shape index (κ2) is 9.61. The van der Waals surface area contributed by atoms with Crippen molar-refractivity contribution < 1.29 is 23.8 Å². The van der Waals surface area contributed by atoms with Crippen molar-refractivity contribution in [3.05, 3.63) is 59.7 Å².